The van der Waals surface area contributed by atoms with Crippen molar-refractivity contribution in [3.05, 3.63) is 45.9 Å². The van der Waals surface area contributed by atoms with E-state index in [1.165, 1.54) is 12.1 Å². The van der Waals surface area contributed by atoms with Crippen molar-refractivity contribution in [3.8, 4) is 11.5 Å². The molecule has 0 aliphatic heterocycles. The number of sulfonamides is 1. The number of anilines is 1. The van der Waals surface area contributed by atoms with Crippen LogP contribution >= 0.6 is 27.5 Å². The Balaban J connectivity index is 2.45. The second-order valence-corrected chi connectivity index (χ2v) is 6.71. The highest BCUT2D eigenvalue weighted by Gasteiger charge is 2.16. The van der Waals surface area contributed by atoms with Crippen molar-refractivity contribution < 1.29 is 13.2 Å². The van der Waals surface area contributed by atoms with E-state index in [2.05, 4.69) is 15.9 Å². The zero-order chi connectivity index (χ0) is 14.9. The van der Waals surface area contributed by atoms with Gasteiger partial charge >= 0.3 is 0 Å². The predicted molar refractivity (Wildman–Crippen MR) is 81.5 cm³/mol. The Bertz CT molecular complexity index is 765. The first-order chi connectivity index (χ1) is 9.29. The minimum absolute atomic E-state index is 0.0446. The molecule has 0 fully saturated rings. The number of nitrogens with two attached hydrogens (primary N) is 2. The Labute approximate surface area is 129 Å². The highest BCUT2D eigenvalue weighted by atomic mass is 79.9. The smallest absolute Gasteiger partial charge is 0.240 e. The van der Waals surface area contributed by atoms with E-state index in [1.807, 2.05) is 0 Å². The maximum absolute atomic E-state index is 11.4. The molecule has 0 saturated heterocycles. The number of ether oxygens (including phenoxy) is 1. The quantitative estimate of drug-likeness (QED) is 0.803. The summed E-state index contributed by atoms with van der Waals surface area (Å²) in [6.45, 7) is 0. The Morgan fingerprint density at radius 1 is 1.15 bits per heavy atom. The summed E-state index contributed by atoms with van der Waals surface area (Å²) in [5.74, 6) is 0.646. The summed E-state index contributed by atoms with van der Waals surface area (Å²) in [6.07, 6.45) is 0. The van der Waals surface area contributed by atoms with Crippen LogP contribution in [0.15, 0.2) is 45.8 Å². The third-order valence-electron chi connectivity index (χ3n) is 2.45. The lowest BCUT2D eigenvalue weighted by Gasteiger charge is -2.12. The van der Waals surface area contributed by atoms with Gasteiger partial charge in [0.1, 0.15) is 10.6 Å². The van der Waals surface area contributed by atoms with Crippen molar-refractivity contribution in [2.24, 2.45) is 5.14 Å². The third-order valence-corrected chi connectivity index (χ3v) is 4.27. The minimum Gasteiger partial charge on any atom is -0.454 e. The summed E-state index contributed by atoms with van der Waals surface area (Å²) < 4.78 is 29.0. The number of nitrogen functional groups attached to an aromatic ring is 1. The molecule has 20 heavy (non-hydrogen) atoms. The van der Waals surface area contributed by atoms with Crippen molar-refractivity contribution >= 4 is 43.2 Å². The molecule has 2 aromatic rings. The molecular weight excluding hydrogens is 368 g/mol. The van der Waals surface area contributed by atoms with Crippen LogP contribution in [0.4, 0.5) is 5.69 Å². The van der Waals surface area contributed by atoms with Gasteiger partial charge in [-0.3, -0.25) is 0 Å². The largest absolute Gasteiger partial charge is 0.454 e. The van der Waals surface area contributed by atoms with E-state index in [0.29, 0.717) is 15.2 Å². The Hall–Kier alpha value is -1.28. The van der Waals surface area contributed by atoms with Crippen molar-refractivity contribution in [2.75, 3.05) is 5.73 Å². The van der Waals surface area contributed by atoms with Gasteiger partial charge in [0.2, 0.25) is 10.0 Å². The molecule has 8 heteroatoms. The monoisotopic (exact) mass is 376 g/mol. The average Bonchev–Trinajstić information content (AvgIpc) is 2.33. The average molecular weight is 378 g/mol. The van der Waals surface area contributed by atoms with Crippen molar-refractivity contribution in [3.63, 3.8) is 0 Å². The zero-order valence-corrected chi connectivity index (χ0v) is 13.2. The number of hydrogen-bond donors (Lipinski definition) is 2. The predicted octanol–water partition coefficient (Wildman–Crippen LogP) is 3.12. The van der Waals surface area contributed by atoms with Gasteiger partial charge in [0.25, 0.3) is 0 Å². The standard InChI is InChI=1S/C12H10BrClN2O3S/c13-8-6-7(14)4-5-9(8)19-10-2-1-3-11(12(10)15)20(16,17)18/h1-6H,15H2,(H2,16,17,18). The fourth-order valence-corrected chi connectivity index (χ4v) is 2.98. The van der Waals surface area contributed by atoms with Crippen LogP contribution in [0.1, 0.15) is 0 Å². The molecule has 0 heterocycles. The Morgan fingerprint density at radius 3 is 2.45 bits per heavy atom. The molecule has 2 rings (SSSR count). The van der Waals surface area contributed by atoms with E-state index in [9.17, 15) is 8.42 Å². The number of benzene rings is 2. The molecule has 2 aromatic carbocycles. The number of para-hydroxylation sites is 1. The Morgan fingerprint density at radius 2 is 1.85 bits per heavy atom. The molecule has 5 nitrogen and oxygen atoms in total. The van der Waals surface area contributed by atoms with Gasteiger partial charge in [-0.1, -0.05) is 17.7 Å². The van der Waals surface area contributed by atoms with E-state index < -0.39 is 10.0 Å². The molecule has 0 aromatic heterocycles. The van der Waals surface area contributed by atoms with Gasteiger partial charge in [-0.2, -0.15) is 0 Å². The number of rotatable bonds is 3. The molecule has 0 atom stereocenters. The van der Waals surface area contributed by atoms with Crippen LogP contribution in [-0.4, -0.2) is 8.42 Å². The van der Waals surface area contributed by atoms with Crippen LogP contribution in [0.3, 0.4) is 0 Å². The second kappa shape index (κ2) is 5.61. The molecule has 106 valence electrons. The van der Waals surface area contributed by atoms with Crippen LogP contribution in [0, 0.1) is 0 Å². The number of halogens is 2. The van der Waals surface area contributed by atoms with Crippen LogP contribution in [0.2, 0.25) is 5.02 Å². The lowest BCUT2D eigenvalue weighted by molar-refractivity contribution is 0.480. The van der Waals surface area contributed by atoms with Gasteiger partial charge in [-0.15, -0.1) is 0 Å². The summed E-state index contributed by atoms with van der Waals surface area (Å²) in [5.41, 5.74) is 5.73. The van der Waals surface area contributed by atoms with Crippen LogP contribution < -0.4 is 15.6 Å². The first-order valence-corrected chi connectivity index (χ1v) is 8.05. The molecule has 0 bridgehead atoms. The number of hydrogen-bond acceptors (Lipinski definition) is 4. The van der Waals surface area contributed by atoms with Crippen LogP contribution in [0.25, 0.3) is 0 Å². The summed E-state index contributed by atoms with van der Waals surface area (Å²) in [7, 11) is -3.90. The Kier molecular flexibility index (Phi) is 4.24. The first kappa shape index (κ1) is 15.1. The fourth-order valence-electron chi connectivity index (χ4n) is 1.54. The molecule has 4 N–H and O–H groups in total. The summed E-state index contributed by atoms with van der Waals surface area (Å²) in [6, 6.07) is 9.28. The minimum atomic E-state index is -3.90. The number of primary sulfonamides is 1. The highest BCUT2D eigenvalue weighted by Crippen LogP contribution is 2.36. The highest BCUT2D eigenvalue weighted by molar-refractivity contribution is 9.10. The molecule has 0 spiro atoms. The van der Waals surface area contributed by atoms with Gasteiger partial charge in [0.05, 0.1) is 10.2 Å². The van der Waals surface area contributed by atoms with Gasteiger partial charge in [-0.25, -0.2) is 13.6 Å². The molecule has 0 saturated carbocycles. The lowest BCUT2D eigenvalue weighted by atomic mass is 10.3. The summed E-state index contributed by atoms with van der Waals surface area (Å²) in [5, 5.41) is 5.62. The topological polar surface area (TPSA) is 95.4 Å². The first-order valence-electron chi connectivity index (χ1n) is 5.33. The zero-order valence-electron chi connectivity index (χ0n) is 10.0. The maximum atomic E-state index is 11.4. The van der Waals surface area contributed by atoms with Crippen molar-refractivity contribution in [1.82, 2.24) is 0 Å². The van der Waals surface area contributed by atoms with E-state index in [1.54, 1.807) is 24.3 Å². The summed E-state index contributed by atoms with van der Waals surface area (Å²) in [4.78, 5) is -0.180. The van der Waals surface area contributed by atoms with Gasteiger partial charge < -0.3 is 10.5 Å². The lowest BCUT2D eigenvalue weighted by Crippen LogP contribution is -2.14. The molecule has 0 amide bonds. The summed E-state index contributed by atoms with van der Waals surface area (Å²) >= 11 is 9.12. The molecule has 0 aliphatic carbocycles. The molecule has 0 unspecified atom stereocenters. The van der Waals surface area contributed by atoms with Crippen molar-refractivity contribution in [1.29, 1.82) is 0 Å². The normalized spacial score (nSPS) is 11.3. The van der Waals surface area contributed by atoms with E-state index in [-0.39, 0.29) is 16.3 Å². The van der Waals surface area contributed by atoms with Gasteiger partial charge in [0, 0.05) is 5.02 Å². The molecular formula is C12H10BrClN2O3S. The molecule has 0 aliphatic rings. The van der Waals surface area contributed by atoms with E-state index in [4.69, 9.17) is 27.2 Å². The fraction of sp³-hybridized carbons (Fsp3) is 0. The van der Waals surface area contributed by atoms with Crippen LogP contribution in [0.5, 0.6) is 11.5 Å². The van der Waals surface area contributed by atoms with Gasteiger partial charge in [-0.05, 0) is 46.3 Å². The van der Waals surface area contributed by atoms with Crippen LogP contribution in [-0.2, 0) is 10.0 Å². The third kappa shape index (κ3) is 3.24. The second-order valence-electron chi connectivity index (χ2n) is 3.89. The van der Waals surface area contributed by atoms with E-state index in [0.717, 1.165) is 0 Å². The van der Waals surface area contributed by atoms with Crippen molar-refractivity contribution in [2.45, 2.75) is 4.90 Å². The molecule has 0 radical (unpaired) electrons. The van der Waals surface area contributed by atoms with E-state index >= 15 is 0 Å². The maximum Gasteiger partial charge on any atom is 0.240 e. The van der Waals surface area contributed by atoms with Gasteiger partial charge in [0.15, 0.2) is 5.75 Å². The SMILES string of the molecule is Nc1c(Oc2ccc(Cl)cc2Br)cccc1S(N)(=O)=O.